The summed E-state index contributed by atoms with van der Waals surface area (Å²) in [7, 11) is -2.58. The van der Waals surface area contributed by atoms with Gasteiger partial charge in [0.1, 0.15) is 21.5 Å². The van der Waals surface area contributed by atoms with E-state index in [4.69, 9.17) is 0 Å². The van der Waals surface area contributed by atoms with Gasteiger partial charge in [-0.25, -0.2) is 9.19 Å². The van der Waals surface area contributed by atoms with Crippen LogP contribution in [0.1, 0.15) is 49.3 Å². The van der Waals surface area contributed by atoms with Crippen molar-refractivity contribution in [2.45, 2.75) is 70.5 Å². The van der Waals surface area contributed by atoms with Crippen LogP contribution in [-0.4, -0.2) is 55.3 Å². The number of rotatable bonds is 6. The van der Waals surface area contributed by atoms with Gasteiger partial charge in [0.15, 0.2) is 0 Å². The minimum Gasteiger partial charge on any atom is -0.394 e. The van der Waals surface area contributed by atoms with Crippen molar-refractivity contribution in [3.8, 4) is 0 Å². The first-order chi connectivity index (χ1) is 17.0. The third kappa shape index (κ3) is 5.06. The van der Waals surface area contributed by atoms with E-state index in [0.717, 1.165) is 12.0 Å². The quantitative estimate of drug-likeness (QED) is 0.386. The largest absolute Gasteiger partial charge is 0.446 e. The number of alkyl halides is 5. The Morgan fingerprint density at radius 2 is 1.81 bits per heavy atom. The molecule has 1 aromatic carbocycles. The summed E-state index contributed by atoms with van der Waals surface area (Å²) in [6.45, 7) is 0.884. The summed E-state index contributed by atoms with van der Waals surface area (Å²) < 4.78 is 78.9. The SMILES string of the molecule is O=[S@]1c2c(nc(N3CCC(c4ccc(SC(F)(F)F)cc4)CC3)nc2NC2(CO)CCC2)CC1(F)F. The average molecular weight is 549 g/mol. The second-order valence-electron chi connectivity index (χ2n) is 9.53. The van der Waals surface area contributed by atoms with E-state index >= 15 is 0 Å². The van der Waals surface area contributed by atoms with E-state index in [1.54, 1.807) is 12.1 Å². The van der Waals surface area contributed by atoms with Crippen molar-refractivity contribution in [3.63, 3.8) is 0 Å². The maximum atomic E-state index is 14.3. The van der Waals surface area contributed by atoms with Crippen LogP contribution in [0.3, 0.4) is 0 Å². The fourth-order valence-electron chi connectivity index (χ4n) is 4.97. The molecule has 5 rings (SSSR count). The molecule has 0 unspecified atom stereocenters. The molecular weight excluding hydrogens is 523 g/mol. The summed E-state index contributed by atoms with van der Waals surface area (Å²) in [5.41, 5.74) is -3.99. The van der Waals surface area contributed by atoms with Crippen molar-refractivity contribution in [2.75, 3.05) is 29.9 Å². The van der Waals surface area contributed by atoms with Gasteiger partial charge in [0, 0.05) is 18.0 Å². The summed E-state index contributed by atoms with van der Waals surface area (Å²) >= 11 is -0.146. The second-order valence-corrected chi connectivity index (χ2v) is 12.2. The van der Waals surface area contributed by atoms with Crippen LogP contribution in [0.2, 0.25) is 0 Å². The number of fused-ring (bicyclic) bond motifs is 1. The molecule has 1 aliphatic carbocycles. The number of nitrogens with zero attached hydrogens (tertiary/aromatic N) is 3. The number of benzene rings is 1. The molecule has 1 atom stereocenters. The Balaban J connectivity index is 1.33. The number of nitrogens with one attached hydrogen (secondary N) is 1. The molecular formula is C23H25F5N4O2S2. The lowest BCUT2D eigenvalue weighted by Crippen LogP contribution is -2.49. The molecule has 6 nitrogen and oxygen atoms in total. The molecule has 1 aromatic heterocycles. The normalized spacial score (nSPS) is 23.3. The van der Waals surface area contributed by atoms with Crippen LogP contribution >= 0.6 is 11.8 Å². The highest BCUT2D eigenvalue weighted by Gasteiger charge is 2.50. The van der Waals surface area contributed by atoms with Crippen molar-refractivity contribution in [2.24, 2.45) is 0 Å². The molecule has 2 fully saturated rings. The van der Waals surface area contributed by atoms with Gasteiger partial charge in [-0.05, 0) is 67.5 Å². The lowest BCUT2D eigenvalue weighted by atomic mass is 9.77. The first kappa shape index (κ1) is 25.7. The number of aromatic nitrogens is 2. The predicted octanol–water partition coefficient (Wildman–Crippen LogP) is 5.06. The van der Waals surface area contributed by atoms with E-state index in [0.29, 0.717) is 38.8 Å². The van der Waals surface area contributed by atoms with Gasteiger partial charge < -0.3 is 15.3 Å². The zero-order chi connectivity index (χ0) is 25.7. The van der Waals surface area contributed by atoms with Gasteiger partial charge in [-0.15, -0.1) is 0 Å². The molecule has 3 aliphatic rings. The smallest absolute Gasteiger partial charge is 0.394 e. The summed E-state index contributed by atoms with van der Waals surface area (Å²) in [5.74, 6) is 0.510. The molecule has 1 saturated carbocycles. The number of halogens is 5. The maximum Gasteiger partial charge on any atom is 0.446 e. The van der Waals surface area contributed by atoms with Crippen molar-refractivity contribution in [1.82, 2.24) is 9.97 Å². The first-order valence-electron chi connectivity index (χ1n) is 11.7. The molecule has 36 heavy (non-hydrogen) atoms. The topological polar surface area (TPSA) is 78.4 Å². The van der Waals surface area contributed by atoms with Crippen molar-refractivity contribution >= 4 is 34.3 Å². The summed E-state index contributed by atoms with van der Waals surface area (Å²) in [6.07, 6.45) is 2.86. The molecule has 2 N–H and O–H groups in total. The van der Waals surface area contributed by atoms with Crippen LogP contribution in [0.15, 0.2) is 34.1 Å². The molecule has 2 aromatic rings. The summed E-state index contributed by atoms with van der Waals surface area (Å²) in [6, 6.07) is 6.37. The first-order valence-corrected chi connectivity index (χ1v) is 13.7. The van der Waals surface area contributed by atoms with Crippen LogP contribution in [0.4, 0.5) is 33.7 Å². The number of aliphatic hydroxyl groups excluding tert-OH is 1. The maximum absolute atomic E-state index is 14.3. The zero-order valence-corrected chi connectivity index (χ0v) is 20.8. The van der Waals surface area contributed by atoms with E-state index in [-0.39, 0.29) is 51.5 Å². The third-order valence-electron chi connectivity index (χ3n) is 7.11. The molecule has 0 bridgehead atoms. The monoisotopic (exact) mass is 548 g/mol. The van der Waals surface area contributed by atoms with E-state index in [2.05, 4.69) is 15.3 Å². The molecule has 13 heteroatoms. The Morgan fingerprint density at radius 1 is 1.14 bits per heavy atom. The summed E-state index contributed by atoms with van der Waals surface area (Å²) in [4.78, 5) is 10.8. The molecule has 3 heterocycles. The van der Waals surface area contributed by atoms with Crippen molar-refractivity contribution < 1.29 is 31.3 Å². The van der Waals surface area contributed by atoms with Crippen LogP contribution in [0, 0.1) is 0 Å². The second kappa shape index (κ2) is 9.39. The molecule has 1 saturated heterocycles. The van der Waals surface area contributed by atoms with Gasteiger partial charge in [0.2, 0.25) is 5.95 Å². The van der Waals surface area contributed by atoms with Gasteiger partial charge in [0.25, 0.3) is 0 Å². The average Bonchev–Trinajstić information content (AvgIpc) is 3.04. The number of aliphatic hydroxyl groups is 1. The van der Waals surface area contributed by atoms with Gasteiger partial charge in [-0.2, -0.15) is 26.9 Å². The lowest BCUT2D eigenvalue weighted by Gasteiger charge is -2.42. The zero-order valence-electron chi connectivity index (χ0n) is 19.2. The number of piperidine rings is 1. The fourth-order valence-corrected chi connectivity index (χ4v) is 6.68. The molecule has 0 spiro atoms. The van der Waals surface area contributed by atoms with Crippen LogP contribution in [-0.2, 0) is 17.2 Å². The van der Waals surface area contributed by atoms with E-state index < -0.39 is 33.5 Å². The molecule has 0 radical (unpaired) electrons. The fraction of sp³-hybridized carbons (Fsp3) is 0.565. The standard InChI is InChI=1S/C23H25F5N4O2S2/c24-22(25)12-17-18(36(22)34)19(31-21(13-33)8-1-9-21)30-20(29-17)32-10-6-15(7-11-32)14-2-4-16(5-3-14)35-23(26,27)28/h2-5,15,33H,1,6-13H2,(H,29,30,31)/t36-/m0/s1. The van der Waals surface area contributed by atoms with Crippen LogP contribution < -0.4 is 10.2 Å². The van der Waals surface area contributed by atoms with Gasteiger partial charge in [-0.1, -0.05) is 12.1 Å². The van der Waals surface area contributed by atoms with Crippen molar-refractivity contribution in [3.05, 3.63) is 35.5 Å². The number of hydrogen-bond acceptors (Lipinski definition) is 7. The van der Waals surface area contributed by atoms with Crippen LogP contribution in [0.5, 0.6) is 0 Å². The number of anilines is 2. The van der Waals surface area contributed by atoms with E-state index in [1.165, 1.54) is 12.1 Å². The van der Waals surface area contributed by atoms with Gasteiger partial charge in [-0.3, -0.25) is 0 Å². The Bertz CT molecular complexity index is 1140. The lowest BCUT2D eigenvalue weighted by molar-refractivity contribution is -0.0328. The highest BCUT2D eigenvalue weighted by atomic mass is 32.2. The van der Waals surface area contributed by atoms with E-state index in [9.17, 15) is 31.3 Å². The Kier molecular flexibility index (Phi) is 6.69. The molecule has 0 amide bonds. The summed E-state index contributed by atoms with van der Waals surface area (Å²) in [5, 5.41) is 9.53. The number of thioether (sulfide) groups is 1. The Labute approximate surface area is 211 Å². The van der Waals surface area contributed by atoms with E-state index in [1.807, 2.05) is 4.90 Å². The highest BCUT2D eigenvalue weighted by molar-refractivity contribution is 8.00. The highest BCUT2D eigenvalue weighted by Crippen LogP contribution is 2.44. The predicted molar refractivity (Wildman–Crippen MR) is 127 cm³/mol. The Morgan fingerprint density at radius 3 is 2.36 bits per heavy atom. The number of hydrogen-bond donors (Lipinski definition) is 2. The van der Waals surface area contributed by atoms with Crippen molar-refractivity contribution in [1.29, 1.82) is 0 Å². The minimum atomic E-state index is -4.33. The van der Waals surface area contributed by atoms with Gasteiger partial charge in [0.05, 0.1) is 24.3 Å². The molecule has 196 valence electrons. The minimum absolute atomic E-state index is 0.0538. The van der Waals surface area contributed by atoms with Gasteiger partial charge >= 0.3 is 10.8 Å². The molecule has 2 aliphatic heterocycles. The third-order valence-corrected chi connectivity index (χ3v) is 9.34. The van der Waals surface area contributed by atoms with Crippen LogP contribution in [0.25, 0.3) is 0 Å². The Hall–Kier alpha value is -1.99.